The molecular weight excluding hydrogens is 422 g/mol. The van der Waals surface area contributed by atoms with Crippen LogP contribution in [0.2, 0.25) is 0 Å². The quantitative estimate of drug-likeness (QED) is 0.570. The lowest BCUT2D eigenvalue weighted by Crippen LogP contribution is -2.52. The van der Waals surface area contributed by atoms with E-state index >= 15 is 0 Å². The summed E-state index contributed by atoms with van der Waals surface area (Å²) in [6.45, 7) is 5.03. The van der Waals surface area contributed by atoms with Crippen LogP contribution in [0.4, 0.5) is 5.69 Å². The molecule has 2 aromatic carbocycles. The van der Waals surface area contributed by atoms with Gasteiger partial charge < -0.3 is 14.1 Å². The second-order valence-electron chi connectivity index (χ2n) is 8.48. The molecule has 2 aliphatic heterocycles. The first-order valence-corrected chi connectivity index (χ1v) is 11.0. The first-order chi connectivity index (χ1) is 16.0. The molecule has 5 rings (SSSR count). The van der Waals surface area contributed by atoms with Gasteiger partial charge in [0.15, 0.2) is 6.61 Å². The van der Waals surface area contributed by atoms with Crippen molar-refractivity contribution in [1.82, 2.24) is 9.80 Å². The van der Waals surface area contributed by atoms with Crippen LogP contribution in [0, 0.1) is 6.92 Å². The normalized spacial score (nSPS) is 16.6. The van der Waals surface area contributed by atoms with Crippen LogP contribution >= 0.6 is 0 Å². The average molecular weight is 447 g/mol. The number of rotatable bonds is 4. The third-order valence-electron chi connectivity index (χ3n) is 6.21. The molecule has 8 nitrogen and oxygen atoms in total. The Kier molecular flexibility index (Phi) is 5.60. The van der Waals surface area contributed by atoms with E-state index in [-0.39, 0.29) is 30.6 Å². The number of hydrogen-bond acceptors (Lipinski definition) is 6. The van der Waals surface area contributed by atoms with E-state index in [2.05, 4.69) is 4.90 Å². The summed E-state index contributed by atoms with van der Waals surface area (Å²) in [4.78, 5) is 42.9. The number of carbonyl (C=O) groups is 2. The Bertz CT molecular complexity index is 1280. The summed E-state index contributed by atoms with van der Waals surface area (Å²) in [5, 5.41) is 0.934. The Morgan fingerprint density at radius 3 is 2.61 bits per heavy atom. The SMILES string of the molecule is Cc1ccc2c(CN3CCN(C(=O)CN4C(=O)COc5ccccc54)CC3)cc(=O)oc2c1. The van der Waals surface area contributed by atoms with Crippen molar-refractivity contribution in [1.29, 1.82) is 0 Å². The zero-order valence-electron chi connectivity index (χ0n) is 18.5. The number of piperazine rings is 1. The first-order valence-electron chi connectivity index (χ1n) is 11.0. The highest BCUT2D eigenvalue weighted by Crippen LogP contribution is 2.31. The van der Waals surface area contributed by atoms with Gasteiger partial charge in [-0.1, -0.05) is 24.3 Å². The number of fused-ring (bicyclic) bond motifs is 2. The van der Waals surface area contributed by atoms with Crippen LogP contribution in [0.25, 0.3) is 11.0 Å². The number of amides is 2. The van der Waals surface area contributed by atoms with Crippen LogP contribution < -0.4 is 15.3 Å². The number of para-hydroxylation sites is 2. The fourth-order valence-corrected chi connectivity index (χ4v) is 4.43. The molecule has 3 aromatic rings. The van der Waals surface area contributed by atoms with Gasteiger partial charge in [0.05, 0.1) is 5.69 Å². The van der Waals surface area contributed by atoms with Crippen molar-refractivity contribution in [2.45, 2.75) is 13.5 Å². The van der Waals surface area contributed by atoms with E-state index < -0.39 is 0 Å². The zero-order chi connectivity index (χ0) is 22.9. The highest BCUT2D eigenvalue weighted by molar-refractivity contribution is 6.02. The van der Waals surface area contributed by atoms with Gasteiger partial charge in [-0.05, 0) is 36.2 Å². The largest absolute Gasteiger partial charge is 0.482 e. The highest BCUT2D eigenvalue weighted by Gasteiger charge is 2.30. The van der Waals surface area contributed by atoms with E-state index in [9.17, 15) is 14.4 Å². The Morgan fingerprint density at radius 2 is 1.79 bits per heavy atom. The van der Waals surface area contributed by atoms with Gasteiger partial charge in [-0.2, -0.15) is 0 Å². The third kappa shape index (κ3) is 4.34. The fraction of sp³-hybridized carbons (Fsp3) is 0.320. The topological polar surface area (TPSA) is 83.3 Å². The lowest BCUT2D eigenvalue weighted by molar-refractivity contribution is -0.133. The van der Waals surface area contributed by atoms with Crippen molar-refractivity contribution in [3.05, 3.63) is 70.1 Å². The minimum Gasteiger partial charge on any atom is -0.482 e. The summed E-state index contributed by atoms with van der Waals surface area (Å²) in [7, 11) is 0. The molecule has 1 fully saturated rings. The van der Waals surface area contributed by atoms with Crippen molar-refractivity contribution in [2.75, 3.05) is 44.2 Å². The molecule has 33 heavy (non-hydrogen) atoms. The Morgan fingerprint density at radius 1 is 1.00 bits per heavy atom. The molecule has 0 aliphatic carbocycles. The van der Waals surface area contributed by atoms with E-state index in [1.807, 2.05) is 37.3 Å². The molecule has 1 saturated heterocycles. The van der Waals surface area contributed by atoms with E-state index in [1.165, 1.54) is 4.90 Å². The summed E-state index contributed by atoms with van der Waals surface area (Å²) < 4.78 is 10.8. The molecule has 1 aromatic heterocycles. The zero-order valence-corrected chi connectivity index (χ0v) is 18.5. The first kappa shape index (κ1) is 21.2. The molecule has 0 saturated carbocycles. The number of anilines is 1. The van der Waals surface area contributed by atoms with Crippen LogP contribution in [-0.2, 0) is 16.1 Å². The molecule has 0 bridgehead atoms. The number of nitrogens with zero attached hydrogens (tertiary/aromatic N) is 3. The van der Waals surface area contributed by atoms with Crippen LogP contribution in [0.5, 0.6) is 5.75 Å². The van der Waals surface area contributed by atoms with Gasteiger partial charge in [0.1, 0.15) is 17.9 Å². The number of hydrogen-bond donors (Lipinski definition) is 0. The van der Waals surface area contributed by atoms with Gasteiger partial charge >= 0.3 is 5.63 Å². The minimum atomic E-state index is -0.354. The van der Waals surface area contributed by atoms with Crippen molar-refractivity contribution >= 4 is 28.5 Å². The van der Waals surface area contributed by atoms with Crippen LogP contribution in [0.3, 0.4) is 0 Å². The Hall–Kier alpha value is -3.65. The Balaban J connectivity index is 1.23. The molecule has 0 atom stereocenters. The van der Waals surface area contributed by atoms with Crippen LogP contribution in [0.1, 0.15) is 11.1 Å². The molecule has 170 valence electrons. The molecule has 0 spiro atoms. The lowest BCUT2D eigenvalue weighted by atomic mass is 10.1. The van der Waals surface area contributed by atoms with Crippen LogP contribution in [0.15, 0.2) is 57.7 Å². The third-order valence-corrected chi connectivity index (χ3v) is 6.21. The van der Waals surface area contributed by atoms with Gasteiger partial charge in [0.25, 0.3) is 5.91 Å². The predicted molar refractivity (Wildman–Crippen MR) is 123 cm³/mol. The standard InChI is InChI=1S/C25H25N3O5/c1-17-6-7-19-18(13-25(31)33-22(19)12-17)14-26-8-10-27(11-9-26)23(29)15-28-20-4-2-3-5-21(20)32-16-24(28)30/h2-7,12-13H,8-11,14-16H2,1H3. The maximum Gasteiger partial charge on any atom is 0.336 e. The summed E-state index contributed by atoms with van der Waals surface area (Å²) in [5.74, 6) is 0.316. The fourth-order valence-electron chi connectivity index (χ4n) is 4.43. The number of benzene rings is 2. The van der Waals surface area contributed by atoms with E-state index in [0.717, 1.165) is 16.5 Å². The second-order valence-corrected chi connectivity index (χ2v) is 8.48. The van der Waals surface area contributed by atoms with E-state index in [4.69, 9.17) is 9.15 Å². The van der Waals surface area contributed by atoms with E-state index in [1.54, 1.807) is 23.1 Å². The van der Waals surface area contributed by atoms with Crippen molar-refractivity contribution in [3.63, 3.8) is 0 Å². The number of aryl methyl sites for hydroxylation is 1. The van der Waals surface area contributed by atoms with Gasteiger partial charge in [0.2, 0.25) is 5.91 Å². The van der Waals surface area contributed by atoms with Gasteiger partial charge in [0, 0.05) is 44.2 Å². The van der Waals surface area contributed by atoms with Crippen molar-refractivity contribution < 1.29 is 18.7 Å². The Labute approximate surface area is 190 Å². The molecule has 0 unspecified atom stereocenters. The van der Waals surface area contributed by atoms with Crippen LogP contribution in [-0.4, -0.2) is 60.9 Å². The lowest BCUT2D eigenvalue weighted by Gasteiger charge is -2.36. The van der Waals surface area contributed by atoms with E-state index in [0.29, 0.717) is 49.7 Å². The summed E-state index contributed by atoms with van der Waals surface area (Å²) in [6, 6.07) is 14.7. The summed E-state index contributed by atoms with van der Waals surface area (Å²) in [6.07, 6.45) is 0. The second kappa shape index (κ2) is 8.71. The molecule has 0 radical (unpaired) electrons. The molecular formula is C25H25N3O5. The maximum absolute atomic E-state index is 13.0. The van der Waals surface area contributed by atoms with Gasteiger partial charge in [-0.25, -0.2) is 4.79 Å². The van der Waals surface area contributed by atoms with Crippen molar-refractivity contribution in [2.24, 2.45) is 0 Å². The minimum absolute atomic E-state index is 0.00290. The van der Waals surface area contributed by atoms with Crippen molar-refractivity contribution in [3.8, 4) is 5.75 Å². The molecule has 8 heteroatoms. The maximum atomic E-state index is 13.0. The highest BCUT2D eigenvalue weighted by atomic mass is 16.5. The summed E-state index contributed by atoms with van der Waals surface area (Å²) >= 11 is 0. The molecule has 2 aliphatic rings. The molecule has 2 amide bonds. The average Bonchev–Trinajstić information content (AvgIpc) is 2.81. The number of ether oxygens (including phenoxy) is 1. The monoisotopic (exact) mass is 447 g/mol. The van der Waals surface area contributed by atoms with Gasteiger partial charge in [-0.3, -0.25) is 19.4 Å². The number of carbonyl (C=O) groups excluding carboxylic acids is 2. The molecule has 3 heterocycles. The summed E-state index contributed by atoms with van der Waals surface area (Å²) in [5.41, 5.74) is 2.84. The molecule has 0 N–H and O–H groups in total. The predicted octanol–water partition coefficient (Wildman–Crippen LogP) is 2.17. The van der Waals surface area contributed by atoms with Gasteiger partial charge in [-0.15, -0.1) is 0 Å². The smallest absolute Gasteiger partial charge is 0.336 e.